The molecule has 2 aromatic rings. The van der Waals surface area contributed by atoms with Gasteiger partial charge in [0.1, 0.15) is 17.9 Å². The lowest BCUT2D eigenvalue weighted by Crippen LogP contribution is -2.18. The molecular weight excluding hydrogens is 312 g/mol. The van der Waals surface area contributed by atoms with Gasteiger partial charge in [0.15, 0.2) is 0 Å². The van der Waals surface area contributed by atoms with E-state index in [2.05, 4.69) is 23.8 Å². The Kier molecular flexibility index (Phi) is 6.34. The van der Waals surface area contributed by atoms with Crippen LogP contribution in [0.15, 0.2) is 36.9 Å². The smallest absolute Gasteiger partial charge is 0.261 e. The number of anilines is 1. The molecule has 1 amide bonds. The number of aromatic nitrogens is 1. The maximum absolute atomic E-state index is 13.0. The molecule has 132 valence electrons. The van der Waals surface area contributed by atoms with Crippen molar-refractivity contribution in [1.29, 1.82) is 0 Å². The van der Waals surface area contributed by atoms with E-state index in [-0.39, 0.29) is 5.91 Å². The Morgan fingerprint density at radius 2 is 2.08 bits per heavy atom. The summed E-state index contributed by atoms with van der Waals surface area (Å²) in [6.07, 6.45) is 3.30. The third-order valence-corrected chi connectivity index (χ3v) is 4.11. The predicted octanol–water partition coefficient (Wildman–Crippen LogP) is 4.78. The summed E-state index contributed by atoms with van der Waals surface area (Å²) in [5, 5.41) is 3.02. The van der Waals surface area contributed by atoms with Crippen molar-refractivity contribution in [3.63, 3.8) is 0 Å². The monoisotopic (exact) mass is 338 g/mol. The van der Waals surface area contributed by atoms with Crippen molar-refractivity contribution in [1.82, 2.24) is 4.98 Å². The van der Waals surface area contributed by atoms with Gasteiger partial charge in [-0.05, 0) is 44.4 Å². The summed E-state index contributed by atoms with van der Waals surface area (Å²) in [5.41, 5.74) is 5.12. The zero-order chi connectivity index (χ0) is 18.4. The topological polar surface area (TPSA) is 51.2 Å². The lowest BCUT2D eigenvalue weighted by Gasteiger charge is -2.16. The molecule has 0 aliphatic rings. The molecule has 0 saturated heterocycles. The van der Waals surface area contributed by atoms with Crippen LogP contribution in [-0.4, -0.2) is 17.5 Å². The summed E-state index contributed by atoms with van der Waals surface area (Å²) in [7, 11) is 0. The van der Waals surface area contributed by atoms with Crippen molar-refractivity contribution in [2.45, 2.75) is 40.5 Å². The number of carbonyl (C=O) groups excluding carboxylic acids is 1. The van der Waals surface area contributed by atoms with E-state index in [1.165, 1.54) is 0 Å². The minimum atomic E-state index is -0.191. The number of ether oxygens (including phenoxy) is 1. The van der Waals surface area contributed by atoms with E-state index < -0.39 is 0 Å². The molecule has 0 atom stereocenters. The molecule has 4 heteroatoms. The predicted molar refractivity (Wildman–Crippen MR) is 103 cm³/mol. The van der Waals surface area contributed by atoms with Crippen LogP contribution in [0.4, 0.5) is 5.69 Å². The third kappa shape index (κ3) is 4.47. The first-order chi connectivity index (χ1) is 12.0. The maximum atomic E-state index is 13.0. The van der Waals surface area contributed by atoms with Crippen molar-refractivity contribution in [2.24, 2.45) is 0 Å². The fraction of sp³-hybridized carbons (Fsp3) is 0.333. The first-order valence-electron chi connectivity index (χ1n) is 8.59. The quantitative estimate of drug-likeness (QED) is 0.739. The molecule has 25 heavy (non-hydrogen) atoms. The Morgan fingerprint density at radius 3 is 2.76 bits per heavy atom. The number of hydrogen-bond donors (Lipinski definition) is 1. The van der Waals surface area contributed by atoms with Gasteiger partial charge in [-0.1, -0.05) is 38.1 Å². The van der Waals surface area contributed by atoms with Crippen molar-refractivity contribution >= 4 is 11.6 Å². The molecule has 0 aliphatic carbocycles. The van der Waals surface area contributed by atoms with E-state index in [4.69, 9.17) is 4.74 Å². The minimum Gasteiger partial charge on any atom is -0.489 e. The third-order valence-electron chi connectivity index (χ3n) is 4.11. The number of nitrogens with one attached hydrogen (secondary N) is 1. The molecule has 0 saturated carbocycles. The molecule has 0 radical (unpaired) electrons. The van der Waals surface area contributed by atoms with Crippen LogP contribution in [0.25, 0.3) is 0 Å². The molecule has 1 heterocycles. The van der Waals surface area contributed by atoms with Crippen molar-refractivity contribution in [3.8, 4) is 5.75 Å². The first kappa shape index (κ1) is 18.7. The van der Waals surface area contributed by atoms with Crippen LogP contribution in [0.2, 0.25) is 0 Å². The molecule has 0 bridgehead atoms. The average Bonchev–Trinajstić information content (AvgIpc) is 2.57. The highest BCUT2D eigenvalue weighted by atomic mass is 16.5. The highest BCUT2D eigenvalue weighted by Gasteiger charge is 2.20. The van der Waals surface area contributed by atoms with Crippen LogP contribution in [0.1, 0.15) is 46.2 Å². The lowest BCUT2D eigenvalue weighted by molar-refractivity contribution is 0.102. The molecule has 0 unspecified atom stereocenters. The van der Waals surface area contributed by atoms with Crippen LogP contribution in [0, 0.1) is 20.8 Å². The van der Waals surface area contributed by atoms with Gasteiger partial charge >= 0.3 is 0 Å². The van der Waals surface area contributed by atoms with Gasteiger partial charge in [-0.15, -0.1) is 0 Å². The molecule has 0 fully saturated rings. The van der Waals surface area contributed by atoms with Gasteiger partial charge in [-0.25, -0.2) is 0 Å². The summed E-state index contributed by atoms with van der Waals surface area (Å²) in [4.78, 5) is 17.6. The van der Waals surface area contributed by atoms with Gasteiger partial charge in [0.2, 0.25) is 0 Å². The summed E-state index contributed by atoms with van der Waals surface area (Å²) < 4.78 is 5.75. The van der Waals surface area contributed by atoms with Crippen LogP contribution < -0.4 is 10.1 Å². The molecule has 4 nitrogen and oxygen atoms in total. The second-order valence-electron chi connectivity index (χ2n) is 6.13. The van der Waals surface area contributed by atoms with E-state index in [1.54, 1.807) is 12.1 Å². The van der Waals surface area contributed by atoms with Crippen molar-refractivity contribution < 1.29 is 9.53 Å². The Bertz CT molecular complexity index is 782. The summed E-state index contributed by atoms with van der Waals surface area (Å²) in [6, 6.07) is 7.68. The van der Waals surface area contributed by atoms with Gasteiger partial charge < -0.3 is 10.1 Å². The molecule has 1 N–H and O–H groups in total. The zero-order valence-corrected chi connectivity index (χ0v) is 15.5. The Morgan fingerprint density at radius 1 is 1.32 bits per heavy atom. The standard InChI is InChI=1S/C21H26N2O2/c1-6-9-18-20(19(25-12-7-2)13-15(4)22-18)21(24)23-17-11-8-10-14(3)16(17)5/h7-8,10-11,13H,2,6,9,12H2,1,3-5H3,(H,23,24). The SMILES string of the molecule is C=CCOc1cc(C)nc(CCC)c1C(=O)Nc1cccc(C)c1C. The summed E-state index contributed by atoms with van der Waals surface area (Å²) in [5.74, 6) is 0.363. The van der Waals surface area contributed by atoms with E-state index in [9.17, 15) is 4.79 Å². The summed E-state index contributed by atoms with van der Waals surface area (Å²) in [6.45, 7) is 12.0. The largest absolute Gasteiger partial charge is 0.489 e. The fourth-order valence-corrected chi connectivity index (χ4v) is 2.70. The molecule has 0 spiro atoms. The van der Waals surface area contributed by atoms with Gasteiger partial charge in [-0.3, -0.25) is 9.78 Å². The molecule has 1 aromatic heterocycles. The summed E-state index contributed by atoms with van der Waals surface area (Å²) >= 11 is 0. The van der Waals surface area contributed by atoms with Gasteiger partial charge in [0.25, 0.3) is 5.91 Å². The fourth-order valence-electron chi connectivity index (χ4n) is 2.70. The van der Waals surface area contributed by atoms with Crippen molar-refractivity contribution in [2.75, 3.05) is 11.9 Å². The van der Waals surface area contributed by atoms with E-state index in [1.807, 2.05) is 39.0 Å². The van der Waals surface area contributed by atoms with E-state index in [0.717, 1.165) is 41.0 Å². The second kappa shape index (κ2) is 8.47. The Labute approximate surface area is 149 Å². The zero-order valence-electron chi connectivity index (χ0n) is 15.5. The Balaban J connectivity index is 2.45. The number of rotatable bonds is 7. The lowest BCUT2D eigenvalue weighted by atomic mass is 10.0. The van der Waals surface area contributed by atoms with E-state index >= 15 is 0 Å². The number of pyridine rings is 1. The van der Waals surface area contributed by atoms with E-state index in [0.29, 0.717) is 17.9 Å². The highest BCUT2D eigenvalue weighted by molar-refractivity contribution is 6.07. The molecule has 1 aromatic carbocycles. The number of hydrogen-bond acceptors (Lipinski definition) is 3. The molecular formula is C21H26N2O2. The molecule has 0 aliphatic heterocycles. The highest BCUT2D eigenvalue weighted by Crippen LogP contribution is 2.26. The number of amides is 1. The number of carbonyl (C=O) groups is 1. The van der Waals surface area contributed by atoms with Crippen LogP contribution in [-0.2, 0) is 6.42 Å². The average molecular weight is 338 g/mol. The maximum Gasteiger partial charge on any atom is 0.261 e. The van der Waals surface area contributed by atoms with Crippen molar-refractivity contribution in [3.05, 3.63) is 65.0 Å². The minimum absolute atomic E-state index is 0.191. The van der Waals surface area contributed by atoms with Crippen LogP contribution in [0.3, 0.4) is 0 Å². The molecule has 2 rings (SSSR count). The van der Waals surface area contributed by atoms with Crippen LogP contribution >= 0.6 is 0 Å². The normalized spacial score (nSPS) is 10.4. The van der Waals surface area contributed by atoms with Gasteiger partial charge in [-0.2, -0.15) is 0 Å². The second-order valence-corrected chi connectivity index (χ2v) is 6.13. The Hall–Kier alpha value is -2.62. The van der Waals surface area contributed by atoms with Gasteiger partial charge in [0, 0.05) is 17.4 Å². The van der Waals surface area contributed by atoms with Crippen LogP contribution in [0.5, 0.6) is 5.75 Å². The first-order valence-corrected chi connectivity index (χ1v) is 8.59. The number of aryl methyl sites for hydroxylation is 3. The number of nitrogens with zero attached hydrogens (tertiary/aromatic N) is 1. The van der Waals surface area contributed by atoms with Gasteiger partial charge in [0.05, 0.1) is 5.69 Å². The number of benzene rings is 1.